The number of unbranched alkanes of at least 4 members (excludes halogenated alkanes) is 3. The zero-order chi connectivity index (χ0) is 21.1. The van der Waals surface area contributed by atoms with E-state index in [0.29, 0.717) is 0 Å². The predicted molar refractivity (Wildman–Crippen MR) is 135 cm³/mol. The first kappa shape index (κ1) is 24.1. The van der Waals surface area contributed by atoms with Gasteiger partial charge >= 0.3 is 0 Å². The summed E-state index contributed by atoms with van der Waals surface area (Å²) in [5.74, 6) is 0. The molecule has 0 radical (unpaired) electrons. The highest BCUT2D eigenvalue weighted by Crippen LogP contribution is 2.39. The lowest BCUT2D eigenvalue weighted by molar-refractivity contribution is 0.737. The van der Waals surface area contributed by atoms with Gasteiger partial charge in [0.2, 0.25) is 0 Å². The zero-order valence-electron chi connectivity index (χ0n) is 19.7. The molecule has 0 N–H and O–H groups in total. The molecule has 0 aliphatic heterocycles. The van der Waals surface area contributed by atoms with Gasteiger partial charge in [0, 0.05) is 0 Å². The van der Waals surface area contributed by atoms with Gasteiger partial charge in [-0.25, -0.2) is 0 Å². The number of rotatable bonds is 13. The van der Waals surface area contributed by atoms with Gasteiger partial charge in [-0.15, -0.1) is 0 Å². The second kappa shape index (κ2) is 13.2. The molecule has 0 bridgehead atoms. The molecule has 0 saturated carbocycles. The van der Waals surface area contributed by atoms with Crippen molar-refractivity contribution < 1.29 is 0 Å². The number of hydrogen-bond donors (Lipinski definition) is 0. The molecule has 0 aliphatic carbocycles. The van der Waals surface area contributed by atoms with E-state index in [1.807, 2.05) is 0 Å². The van der Waals surface area contributed by atoms with Crippen LogP contribution in [0.15, 0.2) is 36.4 Å². The third kappa shape index (κ3) is 6.68. The van der Waals surface area contributed by atoms with Crippen LogP contribution in [0.4, 0.5) is 0 Å². The Morgan fingerprint density at radius 1 is 0.621 bits per heavy atom. The van der Waals surface area contributed by atoms with Crippen molar-refractivity contribution in [2.24, 2.45) is 0 Å². The van der Waals surface area contributed by atoms with Crippen LogP contribution >= 0.6 is 7.92 Å². The maximum Gasteiger partial charge on any atom is -0.0160 e. The first-order valence-corrected chi connectivity index (χ1v) is 13.7. The van der Waals surface area contributed by atoms with Crippen molar-refractivity contribution in [1.29, 1.82) is 0 Å². The molecular weight excluding hydrogens is 367 g/mol. The summed E-state index contributed by atoms with van der Waals surface area (Å²) in [7, 11) is -0.266. The van der Waals surface area contributed by atoms with Crippen molar-refractivity contribution in [3.8, 4) is 0 Å². The molecule has 160 valence electrons. The summed E-state index contributed by atoms with van der Waals surface area (Å²) in [6.45, 7) is 11.6. The third-order valence-corrected chi connectivity index (χ3v) is 8.99. The molecular formula is C28H43P. The van der Waals surface area contributed by atoms with Crippen LogP contribution < -0.4 is 10.6 Å². The Kier molecular flexibility index (Phi) is 11.0. The lowest BCUT2D eigenvalue weighted by atomic mass is 9.91. The van der Waals surface area contributed by atoms with E-state index in [9.17, 15) is 0 Å². The van der Waals surface area contributed by atoms with Gasteiger partial charge in [-0.3, -0.25) is 0 Å². The summed E-state index contributed by atoms with van der Waals surface area (Å²) in [6, 6.07) is 14.2. The molecule has 0 aromatic heterocycles. The van der Waals surface area contributed by atoms with Crippen molar-refractivity contribution in [1.82, 2.24) is 0 Å². The Morgan fingerprint density at radius 2 is 1.24 bits per heavy atom. The first-order valence-electron chi connectivity index (χ1n) is 12.1. The van der Waals surface area contributed by atoms with Crippen LogP contribution in [0.2, 0.25) is 0 Å². The van der Waals surface area contributed by atoms with Crippen LogP contribution in [0.1, 0.15) is 94.9 Å². The smallest absolute Gasteiger partial charge is 0.0160 e. The molecule has 0 fully saturated rings. The number of benzene rings is 2. The highest BCUT2D eigenvalue weighted by Gasteiger charge is 2.21. The Bertz CT molecular complexity index is 731. The van der Waals surface area contributed by atoms with E-state index in [1.165, 1.54) is 75.9 Å². The Morgan fingerprint density at radius 3 is 1.86 bits per heavy atom. The first-order chi connectivity index (χ1) is 14.2. The van der Waals surface area contributed by atoms with Crippen molar-refractivity contribution in [2.75, 3.05) is 6.16 Å². The number of aryl methyl sites for hydroxylation is 2. The fraction of sp³-hybridized carbons (Fsp3) is 0.571. The SMILES string of the molecule is CCCCc1ccc(P(CCC)c2ccccc2C)c(CCCC)c1CCCC. The van der Waals surface area contributed by atoms with E-state index in [2.05, 4.69) is 71.0 Å². The second-order valence-electron chi connectivity index (χ2n) is 8.45. The van der Waals surface area contributed by atoms with E-state index in [1.54, 1.807) is 27.3 Å². The van der Waals surface area contributed by atoms with Gasteiger partial charge in [-0.05, 0) is 92.4 Å². The van der Waals surface area contributed by atoms with Crippen LogP contribution in [-0.4, -0.2) is 6.16 Å². The second-order valence-corrected chi connectivity index (χ2v) is 10.7. The number of hydrogen-bond acceptors (Lipinski definition) is 0. The quantitative estimate of drug-likeness (QED) is 0.295. The molecule has 0 nitrogen and oxygen atoms in total. The van der Waals surface area contributed by atoms with Crippen LogP contribution in [0.5, 0.6) is 0 Å². The normalized spacial score (nSPS) is 12.3. The molecule has 2 aromatic rings. The van der Waals surface area contributed by atoms with E-state index >= 15 is 0 Å². The van der Waals surface area contributed by atoms with Gasteiger partial charge in [-0.2, -0.15) is 0 Å². The monoisotopic (exact) mass is 410 g/mol. The lowest BCUT2D eigenvalue weighted by Gasteiger charge is -2.26. The molecule has 0 heterocycles. The van der Waals surface area contributed by atoms with Crippen LogP contribution in [0.3, 0.4) is 0 Å². The minimum Gasteiger partial charge on any atom is -0.0654 e. The summed E-state index contributed by atoms with van der Waals surface area (Å²) in [4.78, 5) is 0. The van der Waals surface area contributed by atoms with Crippen LogP contribution in [0, 0.1) is 6.92 Å². The van der Waals surface area contributed by atoms with Gasteiger partial charge in [0.25, 0.3) is 0 Å². The average Bonchev–Trinajstić information content (AvgIpc) is 2.74. The maximum absolute atomic E-state index is 2.54. The van der Waals surface area contributed by atoms with Gasteiger partial charge < -0.3 is 0 Å². The topological polar surface area (TPSA) is 0 Å². The van der Waals surface area contributed by atoms with Gasteiger partial charge in [0.15, 0.2) is 0 Å². The summed E-state index contributed by atoms with van der Waals surface area (Å²) < 4.78 is 0. The highest BCUT2D eigenvalue weighted by atomic mass is 31.1. The molecule has 0 amide bonds. The van der Waals surface area contributed by atoms with Crippen molar-refractivity contribution >= 4 is 18.5 Å². The highest BCUT2D eigenvalue weighted by molar-refractivity contribution is 7.73. The molecule has 0 aliphatic rings. The molecule has 29 heavy (non-hydrogen) atoms. The lowest BCUT2D eigenvalue weighted by Crippen LogP contribution is -2.22. The van der Waals surface area contributed by atoms with E-state index < -0.39 is 0 Å². The maximum atomic E-state index is 2.54. The van der Waals surface area contributed by atoms with Gasteiger partial charge in [0.05, 0.1) is 0 Å². The minimum absolute atomic E-state index is 0.266. The molecule has 0 spiro atoms. The molecule has 2 rings (SSSR count). The Labute approximate surface area is 182 Å². The summed E-state index contributed by atoms with van der Waals surface area (Å²) >= 11 is 0. The largest absolute Gasteiger partial charge is 0.0654 e. The predicted octanol–water partition coefficient (Wildman–Crippen LogP) is 7.87. The molecule has 1 atom stereocenters. The molecule has 1 unspecified atom stereocenters. The van der Waals surface area contributed by atoms with Crippen LogP contribution in [0.25, 0.3) is 0 Å². The standard InChI is InChI=1S/C28H43P/c1-6-10-16-24-20-21-28(26(18-12-8-3)25(24)17-11-7-2)29(22-9-4)27-19-14-13-15-23(27)5/h13-15,19-21H,6-12,16-18,22H2,1-5H3. The molecule has 0 saturated heterocycles. The summed E-state index contributed by atoms with van der Waals surface area (Å²) in [6.07, 6.45) is 14.1. The fourth-order valence-electron chi connectivity index (χ4n) is 4.34. The molecule has 1 heteroatoms. The van der Waals surface area contributed by atoms with Crippen molar-refractivity contribution in [2.45, 2.75) is 98.8 Å². The Hall–Kier alpha value is -1.13. The van der Waals surface area contributed by atoms with Crippen molar-refractivity contribution in [3.63, 3.8) is 0 Å². The molecule has 2 aromatic carbocycles. The van der Waals surface area contributed by atoms with E-state index in [0.717, 1.165) is 0 Å². The minimum atomic E-state index is -0.266. The summed E-state index contributed by atoms with van der Waals surface area (Å²) in [5.41, 5.74) is 6.57. The summed E-state index contributed by atoms with van der Waals surface area (Å²) in [5, 5.41) is 3.29. The third-order valence-electron chi connectivity index (χ3n) is 6.01. The van der Waals surface area contributed by atoms with Crippen molar-refractivity contribution in [3.05, 3.63) is 58.7 Å². The van der Waals surface area contributed by atoms with E-state index in [-0.39, 0.29) is 7.92 Å². The fourth-order valence-corrected chi connectivity index (χ4v) is 7.12. The van der Waals surface area contributed by atoms with Crippen LogP contribution in [-0.2, 0) is 19.3 Å². The Balaban J connectivity index is 2.61. The average molecular weight is 411 g/mol. The van der Waals surface area contributed by atoms with E-state index in [4.69, 9.17) is 0 Å². The zero-order valence-corrected chi connectivity index (χ0v) is 20.6. The van der Waals surface area contributed by atoms with Gasteiger partial charge in [-0.1, -0.05) is 89.8 Å². The van der Waals surface area contributed by atoms with Gasteiger partial charge in [0.1, 0.15) is 0 Å².